The van der Waals surface area contributed by atoms with Crippen LogP contribution in [0.5, 0.6) is 0 Å². The molecule has 2 aromatic rings. The second kappa shape index (κ2) is 9.37. The highest BCUT2D eigenvalue weighted by molar-refractivity contribution is 5.93. The third-order valence-corrected chi connectivity index (χ3v) is 5.14. The van der Waals surface area contributed by atoms with Crippen LogP contribution in [-0.2, 0) is 6.42 Å². The standard InChI is InChI=1S/C22H29N3O/c1-2-3-12-24-22(26)21-17-20(9-13-23-21)25-14-10-19(11-15-25)16-18-7-5-4-6-8-18/h4-9,13,17,19H,2-3,10-12,14-16H2,1H3,(H,24,26). The topological polar surface area (TPSA) is 45.2 Å². The molecular weight excluding hydrogens is 322 g/mol. The molecule has 0 saturated carbocycles. The molecule has 0 radical (unpaired) electrons. The van der Waals surface area contributed by atoms with Gasteiger partial charge in [-0.05, 0) is 49.3 Å². The Morgan fingerprint density at radius 3 is 2.69 bits per heavy atom. The van der Waals surface area contributed by atoms with Crippen molar-refractivity contribution in [1.82, 2.24) is 10.3 Å². The zero-order chi connectivity index (χ0) is 18.2. The van der Waals surface area contributed by atoms with E-state index < -0.39 is 0 Å². The van der Waals surface area contributed by atoms with Gasteiger partial charge >= 0.3 is 0 Å². The zero-order valence-electron chi connectivity index (χ0n) is 15.7. The van der Waals surface area contributed by atoms with Crippen molar-refractivity contribution in [3.8, 4) is 0 Å². The number of nitrogens with one attached hydrogen (secondary N) is 1. The van der Waals surface area contributed by atoms with E-state index in [-0.39, 0.29) is 5.91 Å². The van der Waals surface area contributed by atoms with E-state index in [4.69, 9.17) is 0 Å². The molecule has 1 amide bonds. The molecule has 1 N–H and O–H groups in total. The highest BCUT2D eigenvalue weighted by Crippen LogP contribution is 2.25. The molecule has 1 aliphatic heterocycles. The van der Waals surface area contributed by atoms with Crippen LogP contribution in [0.25, 0.3) is 0 Å². The third kappa shape index (κ3) is 5.07. The van der Waals surface area contributed by atoms with Gasteiger partial charge in [0, 0.05) is 31.5 Å². The van der Waals surface area contributed by atoms with E-state index in [0.717, 1.165) is 44.0 Å². The van der Waals surface area contributed by atoms with Gasteiger partial charge in [-0.3, -0.25) is 9.78 Å². The maximum absolute atomic E-state index is 12.2. The normalized spacial score (nSPS) is 15.0. The molecule has 1 aromatic heterocycles. The lowest BCUT2D eigenvalue weighted by atomic mass is 9.90. The van der Waals surface area contributed by atoms with Crippen molar-refractivity contribution in [1.29, 1.82) is 0 Å². The number of pyridine rings is 1. The first kappa shape index (κ1) is 18.4. The summed E-state index contributed by atoms with van der Waals surface area (Å²) in [5.41, 5.74) is 3.06. The lowest BCUT2D eigenvalue weighted by Gasteiger charge is -2.33. The molecule has 1 aliphatic rings. The molecule has 0 unspecified atom stereocenters. The number of rotatable bonds is 7. The van der Waals surface area contributed by atoms with Gasteiger partial charge in [0.25, 0.3) is 5.91 Å². The van der Waals surface area contributed by atoms with Gasteiger partial charge in [0.1, 0.15) is 5.69 Å². The molecule has 1 saturated heterocycles. The minimum atomic E-state index is -0.0701. The highest BCUT2D eigenvalue weighted by atomic mass is 16.1. The quantitative estimate of drug-likeness (QED) is 0.765. The van der Waals surface area contributed by atoms with Gasteiger partial charge < -0.3 is 10.2 Å². The molecule has 4 heteroatoms. The number of benzene rings is 1. The Bertz CT molecular complexity index is 694. The average molecular weight is 351 g/mol. The van der Waals surface area contributed by atoms with E-state index in [1.807, 2.05) is 12.1 Å². The number of amides is 1. The number of aromatic nitrogens is 1. The maximum atomic E-state index is 12.2. The van der Waals surface area contributed by atoms with E-state index in [0.29, 0.717) is 12.2 Å². The molecule has 1 fully saturated rings. The van der Waals surface area contributed by atoms with Gasteiger partial charge in [-0.1, -0.05) is 43.7 Å². The Kier molecular flexibility index (Phi) is 6.64. The summed E-state index contributed by atoms with van der Waals surface area (Å²) in [6, 6.07) is 14.7. The van der Waals surface area contributed by atoms with Gasteiger partial charge in [0.05, 0.1) is 0 Å². The largest absolute Gasteiger partial charge is 0.371 e. The summed E-state index contributed by atoms with van der Waals surface area (Å²) in [7, 11) is 0. The first-order valence-electron chi connectivity index (χ1n) is 9.79. The predicted octanol–water partition coefficient (Wildman–Crippen LogP) is 4.07. The minimum Gasteiger partial charge on any atom is -0.371 e. The Balaban J connectivity index is 1.54. The molecule has 0 atom stereocenters. The number of anilines is 1. The average Bonchev–Trinajstić information content (AvgIpc) is 2.69. The first-order valence-corrected chi connectivity index (χ1v) is 9.79. The highest BCUT2D eigenvalue weighted by Gasteiger charge is 2.20. The van der Waals surface area contributed by atoms with Crippen LogP contribution in [0.3, 0.4) is 0 Å². The van der Waals surface area contributed by atoms with Crippen LogP contribution in [0.1, 0.15) is 48.7 Å². The number of carbonyl (C=O) groups excluding carboxylic acids is 1. The SMILES string of the molecule is CCCCNC(=O)c1cc(N2CCC(Cc3ccccc3)CC2)ccn1. The number of carbonyl (C=O) groups is 1. The molecule has 3 rings (SSSR count). The smallest absolute Gasteiger partial charge is 0.269 e. The summed E-state index contributed by atoms with van der Waals surface area (Å²) in [5, 5.41) is 2.94. The Labute approximate surface area is 156 Å². The van der Waals surface area contributed by atoms with E-state index in [1.165, 1.54) is 18.4 Å². The Hall–Kier alpha value is -2.36. The number of hydrogen-bond acceptors (Lipinski definition) is 3. The van der Waals surface area contributed by atoms with Crippen molar-refractivity contribution in [3.05, 3.63) is 59.9 Å². The maximum Gasteiger partial charge on any atom is 0.269 e. The minimum absolute atomic E-state index is 0.0701. The molecule has 2 heterocycles. The van der Waals surface area contributed by atoms with E-state index in [1.54, 1.807) is 6.20 Å². The molecule has 0 bridgehead atoms. The number of hydrogen-bond donors (Lipinski definition) is 1. The van der Waals surface area contributed by atoms with Crippen LogP contribution in [0, 0.1) is 5.92 Å². The van der Waals surface area contributed by atoms with Gasteiger partial charge in [-0.15, -0.1) is 0 Å². The fourth-order valence-corrected chi connectivity index (χ4v) is 3.55. The van der Waals surface area contributed by atoms with Gasteiger partial charge in [-0.2, -0.15) is 0 Å². The molecule has 138 valence electrons. The molecule has 0 spiro atoms. The Morgan fingerprint density at radius 1 is 1.19 bits per heavy atom. The number of piperidine rings is 1. The number of nitrogens with zero attached hydrogens (tertiary/aromatic N) is 2. The summed E-state index contributed by atoms with van der Waals surface area (Å²) in [4.78, 5) is 18.8. The Morgan fingerprint density at radius 2 is 1.96 bits per heavy atom. The summed E-state index contributed by atoms with van der Waals surface area (Å²) in [6.45, 7) is 4.91. The van der Waals surface area contributed by atoms with Crippen molar-refractivity contribution >= 4 is 11.6 Å². The van der Waals surface area contributed by atoms with E-state index in [2.05, 4.69) is 52.5 Å². The van der Waals surface area contributed by atoms with Crippen molar-refractivity contribution in [2.75, 3.05) is 24.5 Å². The molecule has 0 aliphatic carbocycles. The van der Waals surface area contributed by atoms with Crippen LogP contribution in [-0.4, -0.2) is 30.5 Å². The summed E-state index contributed by atoms with van der Waals surface area (Å²) >= 11 is 0. The fraction of sp³-hybridized carbons (Fsp3) is 0.455. The van der Waals surface area contributed by atoms with Crippen molar-refractivity contribution in [2.24, 2.45) is 5.92 Å². The lowest BCUT2D eigenvalue weighted by Crippen LogP contribution is -2.34. The van der Waals surface area contributed by atoms with Crippen molar-refractivity contribution < 1.29 is 4.79 Å². The molecule has 1 aromatic carbocycles. The molecule has 26 heavy (non-hydrogen) atoms. The molecular formula is C22H29N3O. The second-order valence-corrected chi connectivity index (χ2v) is 7.13. The lowest BCUT2D eigenvalue weighted by molar-refractivity contribution is 0.0948. The van der Waals surface area contributed by atoms with Crippen molar-refractivity contribution in [2.45, 2.75) is 39.0 Å². The summed E-state index contributed by atoms with van der Waals surface area (Å²) in [5.74, 6) is 0.673. The molecule has 4 nitrogen and oxygen atoms in total. The van der Waals surface area contributed by atoms with Crippen LogP contribution in [0.15, 0.2) is 48.7 Å². The summed E-state index contributed by atoms with van der Waals surface area (Å²) < 4.78 is 0. The summed E-state index contributed by atoms with van der Waals surface area (Å²) in [6.07, 6.45) is 7.37. The van der Waals surface area contributed by atoms with E-state index >= 15 is 0 Å². The van der Waals surface area contributed by atoms with Gasteiger partial charge in [-0.25, -0.2) is 0 Å². The van der Waals surface area contributed by atoms with Crippen molar-refractivity contribution in [3.63, 3.8) is 0 Å². The fourth-order valence-electron chi connectivity index (χ4n) is 3.55. The van der Waals surface area contributed by atoms with E-state index in [9.17, 15) is 4.79 Å². The van der Waals surface area contributed by atoms with Gasteiger partial charge in [0.2, 0.25) is 0 Å². The van der Waals surface area contributed by atoms with Crippen LogP contribution in [0.2, 0.25) is 0 Å². The predicted molar refractivity (Wildman–Crippen MR) is 107 cm³/mol. The number of unbranched alkanes of at least 4 members (excludes halogenated alkanes) is 1. The zero-order valence-corrected chi connectivity index (χ0v) is 15.7. The monoisotopic (exact) mass is 351 g/mol. The first-order chi connectivity index (χ1) is 12.8. The third-order valence-electron chi connectivity index (χ3n) is 5.14. The van der Waals surface area contributed by atoms with Gasteiger partial charge in [0.15, 0.2) is 0 Å². The second-order valence-electron chi connectivity index (χ2n) is 7.13. The van der Waals surface area contributed by atoms with Crippen LogP contribution >= 0.6 is 0 Å². The van der Waals surface area contributed by atoms with Crippen LogP contribution < -0.4 is 10.2 Å². The van der Waals surface area contributed by atoms with Crippen LogP contribution in [0.4, 0.5) is 5.69 Å².